The summed E-state index contributed by atoms with van der Waals surface area (Å²) in [5.74, 6) is -0.108. The highest BCUT2D eigenvalue weighted by molar-refractivity contribution is 6.18. The van der Waals surface area contributed by atoms with Gasteiger partial charge in [-0.25, -0.2) is 4.79 Å². The van der Waals surface area contributed by atoms with E-state index < -0.39 is 11.4 Å². The van der Waals surface area contributed by atoms with Crippen molar-refractivity contribution in [2.45, 2.75) is 12.3 Å². The maximum atomic E-state index is 13.7. The number of nitrogens with zero attached hydrogens (tertiary/aromatic N) is 1. The number of esters is 1. The molecule has 1 N–H and O–H groups in total. The Morgan fingerprint density at radius 2 is 1.59 bits per heavy atom. The average Bonchev–Trinajstić information content (AvgIpc) is 3.15. The van der Waals surface area contributed by atoms with Gasteiger partial charge in [0.15, 0.2) is 0 Å². The molecule has 5 rings (SSSR count). The fourth-order valence-corrected chi connectivity index (χ4v) is 4.89. The molecule has 0 aromatic heterocycles. The third-order valence-corrected chi connectivity index (χ3v) is 6.43. The molecule has 0 bridgehead atoms. The molecule has 170 valence electrons. The van der Waals surface area contributed by atoms with Crippen molar-refractivity contribution in [1.82, 2.24) is 0 Å². The van der Waals surface area contributed by atoms with E-state index in [9.17, 15) is 9.59 Å². The van der Waals surface area contributed by atoms with Crippen LogP contribution in [0, 0.1) is 0 Å². The molecule has 3 aromatic carbocycles. The van der Waals surface area contributed by atoms with Crippen molar-refractivity contribution in [2.24, 2.45) is 0 Å². The summed E-state index contributed by atoms with van der Waals surface area (Å²) in [6, 6.07) is 24.9. The first-order valence-electron chi connectivity index (χ1n) is 10.9. The number of nitrogens with one attached hydrogen (secondary N) is 1. The number of fused-ring (bicyclic) bond motifs is 2. The number of anilines is 2. The lowest BCUT2D eigenvalue weighted by Gasteiger charge is -2.40. The predicted molar refractivity (Wildman–Crippen MR) is 131 cm³/mol. The van der Waals surface area contributed by atoms with E-state index in [1.807, 2.05) is 96.8 Å². The first-order valence-corrected chi connectivity index (χ1v) is 10.9. The number of hydrogen-bond donors (Lipinski definition) is 1. The second-order valence-corrected chi connectivity index (χ2v) is 8.19. The monoisotopic (exact) mass is 452 g/mol. The van der Waals surface area contributed by atoms with Gasteiger partial charge in [0.2, 0.25) is 5.91 Å². The van der Waals surface area contributed by atoms with Crippen molar-refractivity contribution in [2.75, 3.05) is 24.4 Å². The normalized spacial score (nSPS) is 19.0. The minimum absolute atomic E-state index is 0.281. The molecule has 2 aliphatic heterocycles. The number of para-hydroxylation sites is 1. The predicted octanol–water partition coefficient (Wildman–Crippen LogP) is 4.89. The van der Waals surface area contributed by atoms with Gasteiger partial charge in [-0.2, -0.15) is 0 Å². The van der Waals surface area contributed by atoms with Gasteiger partial charge in [-0.1, -0.05) is 48.5 Å². The Bertz CT molecular complexity index is 1340. The van der Waals surface area contributed by atoms with Gasteiger partial charge in [0.1, 0.15) is 11.2 Å². The van der Waals surface area contributed by atoms with Crippen LogP contribution < -0.4 is 15.0 Å². The Morgan fingerprint density at radius 3 is 2.26 bits per heavy atom. The lowest BCUT2D eigenvalue weighted by atomic mass is 9.71. The smallest absolute Gasteiger partial charge is 0.337 e. The number of ether oxygens (including phenoxy) is 2. The minimum atomic E-state index is -1.32. The Balaban J connectivity index is 1.84. The SMILES string of the molecule is COC(=O)C1=C(C)N(c2ccc(OC)cc2)C(c2ccccc2)=C[C@]12C(=O)Nc1ccccc12. The molecule has 0 unspecified atom stereocenters. The maximum Gasteiger partial charge on any atom is 0.337 e. The lowest BCUT2D eigenvalue weighted by molar-refractivity contribution is -0.138. The summed E-state index contributed by atoms with van der Waals surface area (Å²) in [6.45, 7) is 1.85. The zero-order valence-electron chi connectivity index (χ0n) is 19.2. The summed E-state index contributed by atoms with van der Waals surface area (Å²) < 4.78 is 10.5. The number of carbonyl (C=O) groups is 2. The summed E-state index contributed by atoms with van der Waals surface area (Å²) in [4.78, 5) is 28.9. The topological polar surface area (TPSA) is 67.9 Å². The molecule has 2 aliphatic rings. The van der Waals surface area contributed by atoms with Crippen LogP contribution in [0.2, 0.25) is 0 Å². The van der Waals surface area contributed by atoms with Crippen LogP contribution in [0.25, 0.3) is 5.70 Å². The average molecular weight is 453 g/mol. The van der Waals surface area contributed by atoms with Gasteiger partial charge in [-0.3, -0.25) is 4.79 Å². The van der Waals surface area contributed by atoms with E-state index in [-0.39, 0.29) is 11.5 Å². The quantitative estimate of drug-likeness (QED) is 0.571. The Hall–Kier alpha value is -4.32. The number of carbonyl (C=O) groups excluding carboxylic acids is 2. The molecule has 1 atom stereocenters. The zero-order valence-corrected chi connectivity index (χ0v) is 19.2. The summed E-state index contributed by atoms with van der Waals surface area (Å²) >= 11 is 0. The van der Waals surface area contributed by atoms with Crippen LogP contribution >= 0.6 is 0 Å². The molecule has 1 spiro atoms. The van der Waals surface area contributed by atoms with E-state index in [2.05, 4.69) is 5.32 Å². The highest BCUT2D eigenvalue weighted by Gasteiger charge is 2.54. The molecule has 0 radical (unpaired) electrons. The lowest BCUT2D eigenvalue weighted by Crippen LogP contribution is -2.44. The molecule has 0 saturated heterocycles. The molecule has 0 aliphatic carbocycles. The second-order valence-electron chi connectivity index (χ2n) is 8.19. The van der Waals surface area contributed by atoms with Crippen LogP contribution in [0.5, 0.6) is 5.75 Å². The summed E-state index contributed by atoms with van der Waals surface area (Å²) in [6.07, 6.45) is 1.88. The van der Waals surface area contributed by atoms with Crippen LogP contribution in [0.1, 0.15) is 18.1 Å². The fraction of sp³-hybridized carbons (Fsp3) is 0.143. The van der Waals surface area contributed by atoms with Gasteiger partial charge in [0.25, 0.3) is 0 Å². The number of methoxy groups -OCH3 is 2. The van der Waals surface area contributed by atoms with Crippen molar-refractivity contribution in [1.29, 1.82) is 0 Å². The first-order chi connectivity index (χ1) is 16.5. The Labute approximate surface area is 198 Å². The molecule has 6 nitrogen and oxygen atoms in total. The van der Waals surface area contributed by atoms with E-state index in [1.54, 1.807) is 7.11 Å². The van der Waals surface area contributed by atoms with Crippen LogP contribution in [0.3, 0.4) is 0 Å². The number of benzene rings is 3. The Kier molecular flexibility index (Phi) is 5.21. The van der Waals surface area contributed by atoms with Gasteiger partial charge in [0, 0.05) is 17.1 Å². The van der Waals surface area contributed by atoms with Crippen molar-refractivity contribution in [3.8, 4) is 5.75 Å². The highest BCUT2D eigenvalue weighted by atomic mass is 16.5. The number of rotatable bonds is 4. The second kappa shape index (κ2) is 8.23. The minimum Gasteiger partial charge on any atom is -0.497 e. The highest BCUT2D eigenvalue weighted by Crippen LogP contribution is 2.51. The third-order valence-electron chi connectivity index (χ3n) is 6.43. The molecule has 0 fully saturated rings. The van der Waals surface area contributed by atoms with Crippen LogP contribution in [-0.4, -0.2) is 26.1 Å². The van der Waals surface area contributed by atoms with Gasteiger partial charge in [0.05, 0.1) is 25.5 Å². The summed E-state index contributed by atoms with van der Waals surface area (Å²) in [5.41, 5.74) is 3.53. The molecular formula is C28H24N2O4. The zero-order chi connectivity index (χ0) is 23.9. The molecule has 6 heteroatoms. The van der Waals surface area contributed by atoms with E-state index in [1.165, 1.54) is 7.11 Å². The standard InChI is InChI=1S/C28H24N2O4/c1-18-25(26(31)34-3)28(22-11-7-8-12-23(22)29-27(28)32)17-24(19-9-5-4-6-10-19)30(18)20-13-15-21(33-2)16-14-20/h4-17H,1-3H3,(H,29,32)/t28-/m1/s1. The van der Waals surface area contributed by atoms with Gasteiger partial charge in [-0.15, -0.1) is 0 Å². The van der Waals surface area contributed by atoms with Crippen LogP contribution in [0.15, 0.2) is 96.2 Å². The molecule has 3 aromatic rings. The largest absolute Gasteiger partial charge is 0.497 e. The maximum absolute atomic E-state index is 13.7. The van der Waals surface area contributed by atoms with Gasteiger partial charge in [-0.05, 0) is 54.5 Å². The van der Waals surface area contributed by atoms with Crippen LogP contribution in [0.4, 0.5) is 11.4 Å². The molecule has 1 amide bonds. The molecular weight excluding hydrogens is 428 g/mol. The van der Waals surface area contributed by atoms with E-state index in [0.717, 1.165) is 28.3 Å². The van der Waals surface area contributed by atoms with E-state index in [4.69, 9.17) is 9.47 Å². The fourth-order valence-electron chi connectivity index (χ4n) is 4.89. The summed E-state index contributed by atoms with van der Waals surface area (Å²) in [7, 11) is 2.95. The first kappa shape index (κ1) is 21.5. The van der Waals surface area contributed by atoms with Gasteiger partial charge >= 0.3 is 5.97 Å². The third kappa shape index (κ3) is 3.10. The van der Waals surface area contributed by atoms with Gasteiger partial charge < -0.3 is 19.7 Å². The van der Waals surface area contributed by atoms with Crippen molar-refractivity contribution in [3.63, 3.8) is 0 Å². The van der Waals surface area contributed by atoms with Crippen molar-refractivity contribution < 1.29 is 19.1 Å². The van der Waals surface area contributed by atoms with E-state index in [0.29, 0.717) is 11.4 Å². The number of hydrogen-bond acceptors (Lipinski definition) is 5. The molecule has 34 heavy (non-hydrogen) atoms. The summed E-state index contributed by atoms with van der Waals surface area (Å²) in [5, 5.41) is 2.97. The number of allylic oxidation sites excluding steroid dienone is 1. The molecule has 2 heterocycles. The number of amides is 1. The van der Waals surface area contributed by atoms with Crippen LogP contribution in [-0.2, 0) is 19.7 Å². The van der Waals surface area contributed by atoms with E-state index >= 15 is 0 Å². The Morgan fingerprint density at radius 1 is 0.912 bits per heavy atom. The molecule has 0 saturated carbocycles. The van der Waals surface area contributed by atoms with Crippen molar-refractivity contribution >= 4 is 28.9 Å². The van der Waals surface area contributed by atoms with Crippen molar-refractivity contribution in [3.05, 3.63) is 107 Å².